The van der Waals surface area contributed by atoms with Gasteiger partial charge in [-0.1, -0.05) is 6.92 Å². The Kier molecular flexibility index (Phi) is 4.92. The van der Waals surface area contributed by atoms with Crippen LogP contribution < -0.4 is 10.0 Å². The van der Waals surface area contributed by atoms with Crippen LogP contribution in [0.4, 0.5) is 10.1 Å². The molecule has 0 atom stereocenters. The molecular formula is C13H17FN4O2S. The van der Waals surface area contributed by atoms with E-state index in [1.165, 1.54) is 30.5 Å². The van der Waals surface area contributed by atoms with E-state index in [9.17, 15) is 12.8 Å². The minimum atomic E-state index is -3.78. The lowest BCUT2D eigenvalue weighted by Gasteiger charge is -2.08. The number of nitrogens with zero attached hydrogens (tertiary/aromatic N) is 1. The summed E-state index contributed by atoms with van der Waals surface area (Å²) in [6.45, 7) is 3.22. The lowest BCUT2D eigenvalue weighted by atomic mass is 10.3. The second-order valence-electron chi connectivity index (χ2n) is 4.51. The zero-order valence-electron chi connectivity index (χ0n) is 11.6. The van der Waals surface area contributed by atoms with Crippen molar-refractivity contribution in [3.05, 3.63) is 41.8 Å². The zero-order valence-corrected chi connectivity index (χ0v) is 12.4. The normalized spacial score (nSPS) is 11.5. The van der Waals surface area contributed by atoms with E-state index in [2.05, 4.69) is 20.2 Å². The van der Waals surface area contributed by atoms with Crippen molar-refractivity contribution in [1.29, 1.82) is 0 Å². The molecule has 114 valence electrons. The summed E-state index contributed by atoms with van der Waals surface area (Å²) in [4.78, 5) is 0. The molecule has 0 unspecified atom stereocenters. The van der Waals surface area contributed by atoms with Gasteiger partial charge in [0.15, 0.2) is 5.03 Å². The number of halogens is 1. The average molecular weight is 312 g/mol. The Morgan fingerprint density at radius 3 is 2.67 bits per heavy atom. The van der Waals surface area contributed by atoms with E-state index in [0.29, 0.717) is 17.8 Å². The van der Waals surface area contributed by atoms with Crippen LogP contribution in [0, 0.1) is 5.82 Å². The quantitative estimate of drug-likeness (QED) is 0.681. The molecule has 3 N–H and O–H groups in total. The highest BCUT2D eigenvalue weighted by Crippen LogP contribution is 2.17. The molecule has 6 nitrogen and oxygen atoms in total. The summed E-state index contributed by atoms with van der Waals surface area (Å²) in [5, 5.41) is 9.40. The Balaban J connectivity index is 2.16. The first-order chi connectivity index (χ1) is 10.0. The Hall–Kier alpha value is -1.93. The number of benzene rings is 1. The topological polar surface area (TPSA) is 86.9 Å². The molecular weight excluding hydrogens is 295 g/mol. The molecule has 2 rings (SSSR count). The van der Waals surface area contributed by atoms with E-state index in [4.69, 9.17) is 0 Å². The van der Waals surface area contributed by atoms with E-state index in [1.807, 2.05) is 6.92 Å². The van der Waals surface area contributed by atoms with Gasteiger partial charge in [0, 0.05) is 17.8 Å². The van der Waals surface area contributed by atoms with Crippen molar-refractivity contribution in [2.45, 2.75) is 24.9 Å². The molecule has 0 aliphatic heterocycles. The Morgan fingerprint density at radius 2 is 2.00 bits per heavy atom. The third kappa shape index (κ3) is 4.02. The van der Waals surface area contributed by atoms with Crippen molar-refractivity contribution in [3.8, 4) is 0 Å². The highest BCUT2D eigenvalue weighted by molar-refractivity contribution is 7.92. The van der Waals surface area contributed by atoms with E-state index in [-0.39, 0.29) is 5.03 Å². The average Bonchev–Trinajstić information content (AvgIpc) is 2.91. The standard InChI is InChI=1S/C13H17FN4O2S/c1-2-7-15-8-10-9-16-17-13(10)21(19,20)18-12-5-3-11(14)4-6-12/h3-6,9,15,18H,2,7-8H2,1H3,(H,16,17). The number of sulfonamides is 1. The van der Waals surface area contributed by atoms with Crippen LogP contribution in [0.2, 0.25) is 0 Å². The Bertz CT molecular complexity index is 682. The Labute approximate surface area is 122 Å². The fourth-order valence-electron chi connectivity index (χ4n) is 1.78. The molecule has 2 aromatic rings. The van der Waals surface area contributed by atoms with Crippen LogP contribution in [0.3, 0.4) is 0 Å². The monoisotopic (exact) mass is 312 g/mol. The summed E-state index contributed by atoms with van der Waals surface area (Å²) in [6.07, 6.45) is 2.43. The number of rotatable bonds is 7. The van der Waals surface area contributed by atoms with Gasteiger partial charge in [0.2, 0.25) is 0 Å². The SMILES string of the molecule is CCCNCc1cn[nH]c1S(=O)(=O)Nc1ccc(F)cc1. The molecule has 1 aromatic heterocycles. The number of aromatic amines is 1. The van der Waals surface area contributed by atoms with Crippen LogP contribution >= 0.6 is 0 Å². The van der Waals surface area contributed by atoms with Gasteiger partial charge in [0.1, 0.15) is 5.82 Å². The molecule has 1 heterocycles. The number of hydrogen-bond donors (Lipinski definition) is 3. The van der Waals surface area contributed by atoms with Crippen LogP contribution in [-0.4, -0.2) is 25.2 Å². The van der Waals surface area contributed by atoms with Crippen LogP contribution in [-0.2, 0) is 16.6 Å². The highest BCUT2D eigenvalue weighted by atomic mass is 32.2. The number of hydrogen-bond acceptors (Lipinski definition) is 4. The third-order valence-electron chi connectivity index (χ3n) is 2.79. The van der Waals surface area contributed by atoms with Crippen LogP contribution in [0.25, 0.3) is 0 Å². The second kappa shape index (κ2) is 6.68. The van der Waals surface area contributed by atoms with Gasteiger partial charge in [-0.25, -0.2) is 4.39 Å². The molecule has 0 amide bonds. The van der Waals surface area contributed by atoms with E-state index < -0.39 is 15.8 Å². The molecule has 0 fully saturated rings. The van der Waals surface area contributed by atoms with Gasteiger partial charge < -0.3 is 5.32 Å². The van der Waals surface area contributed by atoms with E-state index in [0.717, 1.165) is 13.0 Å². The van der Waals surface area contributed by atoms with Gasteiger partial charge in [0.05, 0.1) is 6.20 Å². The van der Waals surface area contributed by atoms with Gasteiger partial charge in [-0.15, -0.1) is 0 Å². The molecule has 21 heavy (non-hydrogen) atoms. The lowest BCUT2D eigenvalue weighted by molar-refractivity contribution is 0.593. The fourth-order valence-corrected chi connectivity index (χ4v) is 2.97. The second-order valence-corrected chi connectivity index (χ2v) is 6.13. The van der Waals surface area contributed by atoms with Crippen LogP contribution in [0.15, 0.2) is 35.5 Å². The minimum Gasteiger partial charge on any atom is -0.313 e. The first-order valence-electron chi connectivity index (χ1n) is 6.54. The zero-order chi connectivity index (χ0) is 15.3. The first kappa shape index (κ1) is 15.5. The summed E-state index contributed by atoms with van der Waals surface area (Å²) < 4.78 is 39.8. The van der Waals surface area contributed by atoms with E-state index in [1.54, 1.807) is 0 Å². The van der Waals surface area contributed by atoms with Gasteiger partial charge in [-0.3, -0.25) is 9.82 Å². The highest BCUT2D eigenvalue weighted by Gasteiger charge is 2.20. The summed E-state index contributed by atoms with van der Waals surface area (Å²) in [7, 11) is -3.78. The number of aromatic nitrogens is 2. The number of H-pyrrole nitrogens is 1. The predicted molar refractivity (Wildman–Crippen MR) is 77.8 cm³/mol. The summed E-state index contributed by atoms with van der Waals surface area (Å²) in [5.41, 5.74) is 0.844. The van der Waals surface area contributed by atoms with Gasteiger partial charge in [-0.2, -0.15) is 13.5 Å². The maximum Gasteiger partial charge on any atom is 0.279 e. The first-order valence-corrected chi connectivity index (χ1v) is 8.02. The Morgan fingerprint density at radius 1 is 1.29 bits per heavy atom. The van der Waals surface area contributed by atoms with Crippen molar-refractivity contribution in [3.63, 3.8) is 0 Å². The summed E-state index contributed by atoms with van der Waals surface area (Å²) in [6, 6.07) is 5.10. The maximum absolute atomic E-state index is 12.8. The molecule has 0 bridgehead atoms. The third-order valence-corrected chi connectivity index (χ3v) is 4.18. The molecule has 0 spiro atoms. The summed E-state index contributed by atoms with van der Waals surface area (Å²) in [5.74, 6) is -0.427. The largest absolute Gasteiger partial charge is 0.313 e. The maximum atomic E-state index is 12.8. The van der Waals surface area contributed by atoms with Gasteiger partial charge >= 0.3 is 0 Å². The van der Waals surface area contributed by atoms with Crippen LogP contribution in [0.5, 0.6) is 0 Å². The fraction of sp³-hybridized carbons (Fsp3) is 0.308. The molecule has 0 saturated heterocycles. The number of anilines is 1. The van der Waals surface area contributed by atoms with Gasteiger partial charge in [0.25, 0.3) is 10.0 Å². The predicted octanol–water partition coefficient (Wildman–Crippen LogP) is 1.85. The van der Waals surface area contributed by atoms with Crippen molar-refractivity contribution in [2.75, 3.05) is 11.3 Å². The smallest absolute Gasteiger partial charge is 0.279 e. The molecule has 8 heteroatoms. The molecule has 0 saturated carbocycles. The van der Waals surface area contributed by atoms with Crippen molar-refractivity contribution < 1.29 is 12.8 Å². The minimum absolute atomic E-state index is 0.00966. The van der Waals surface area contributed by atoms with Crippen molar-refractivity contribution in [1.82, 2.24) is 15.5 Å². The summed E-state index contributed by atoms with van der Waals surface area (Å²) >= 11 is 0. The molecule has 0 radical (unpaired) electrons. The lowest BCUT2D eigenvalue weighted by Crippen LogP contribution is -2.19. The molecule has 0 aliphatic carbocycles. The van der Waals surface area contributed by atoms with Crippen molar-refractivity contribution >= 4 is 15.7 Å². The van der Waals surface area contributed by atoms with Gasteiger partial charge in [-0.05, 0) is 37.2 Å². The molecule has 0 aliphatic rings. The van der Waals surface area contributed by atoms with E-state index >= 15 is 0 Å². The number of nitrogens with one attached hydrogen (secondary N) is 3. The molecule has 1 aromatic carbocycles. The van der Waals surface area contributed by atoms with Crippen LogP contribution in [0.1, 0.15) is 18.9 Å². The van der Waals surface area contributed by atoms with Crippen molar-refractivity contribution in [2.24, 2.45) is 0 Å².